The zero-order valence-electron chi connectivity index (χ0n) is 13.3. The van der Waals surface area contributed by atoms with Gasteiger partial charge in [0.25, 0.3) is 0 Å². The van der Waals surface area contributed by atoms with Crippen molar-refractivity contribution in [2.75, 3.05) is 33.7 Å². The molecule has 0 radical (unpaired) electrons. The molecule has 20 heavy (non-hydrogen) atoms. The molecule has 0 spiro atoms. The van der Waals surface area contributed by atoms with Gasteiger partial charge in [0.15, 0.2) is 0 Å². The molecule has 1 amide bonds. The lowest BCUT2D eigenvalue weighted by atomic mass is 9.78. The summed E-state index contributed by atoms with van der Waals surface area (Å²) in [5.74, 6) is 1.72. The number of nitrogens with two attached hydrogens (primary N) is 1. The maximum atomic E-state index is 12.6. The maximum absolute atomic E-state index is 12.6. The number of hydrogen-bond acceptors (Lipinski definition) is 3. The summed E-state index contributed by atoms with van der Waals surface area (Å²) >= 11 is 0. The van der Waals surface area contributed by atoms with E-state index in [0.29, 0.717) is 23.8 Å². The highest BCUT2D eigenvalue weighted by atomic mass is 16.2. The topological polar surface area (TPSA) is 49.6 Å². The molecule has 3 atom stereocenters. The van der Waals surface area contributed by atoms with Crippen molar-refractivity contribution in [1.82, 2.24) is 9.80 Å². The van der Waals surface area contributed by atoms with Crippen LogP contribution in [0, 0.1) is 17.8 Å². The summed E-state index contributed by atoms with van der Waals surface area (Å²) in [4.78, 5) is 16.9. The van der Waals surface area contributed by atoms with Crippen molar-refractivity contribution >= 4 is 5.91 Å². The minimum Gasteiger partial charge on any atom is -0.345 e. The lowest BCUT2D eigenvalue weighted by Crippen LogP contribution is -2.43. The van der Waals surface area contributed by atoms with Crippen LogP contribution in [0.1, 0.15) is 39.0 Å². The Labute approximate surface area is 123 Å². The van der Waals surface area contributed by atoms with Crippen LogP contribution in [0.25, 0.3) is 0 Å². The first kappa shape index (κ1) is 15.8. The van der Waals surface area contributed by atoms with Crippen molar-refractivity contribution < 1.29 is 4.79 Å². The van der Waals surface area contributed by atoms with Gasteiger partial charge in [-0.05, 0) is 64.1 Å². The van der Waals surface area contributed by atoms with Gasteiger partial charge in [0.05, 0.1) is 0 Å². The van der Waals surface area contributed by atoms with Crippen LogP contribution >= 0.6 is 0 Å². The first-order valence-electron chi connectivity index (χ1n) is 8.16. The van der Waals surface area contributed by atoms with E-state index in [1.54, 1.807) is 0 Å². The van der Waals surface area contributed by atoms with Crippen molar-refractivity contribution in [3.05, 3.63) is 0 Å². The van der Waals surface area contributed by atoms with E-state index in [1.807, 2.05) is 11.9 Å². The zero-order valence-corrected chi connectivity index (χ0v) is 13.3. The summed E-state index contributed by atoms with van der Waals surface area (Å²) in [7, 11) is 4.16. The minimum absolute atomic E-state index is 0.209. The van der Waals surface area contributed by atoms with Gasteiger partial charge in [0.2, 0.25) is 5.91 Å². The van der Waals surface area contributed by atoms with Crippen LogP contribution in [0.5, 0.6) is 0 Å². The first-order valence-corrected chi connectivity index (χ1v) is 8.16. The maximum Gasteiger partial charge on any atom is 0.225 e. The lowest BCUT2D eigenvalue weighted by Gasteiger charge is -2.35. The molecule has 0 aromatic heterocycles. The molecule has 1 aliphatic carbocycles. The molecule has 1 heterocycles. The van der Waals surface area contributed by atoms with Gasteiger partial charge in [-0.2, -0.15) is 0 Å². The minimum atomic E-state index is 0.209. The molecule has 116 valence electrons. The van der Waals surface area contributed by atoms with Crippen LogP contribution in [0.4, 0.5) is 0 Å². The Morgan fingerprint density at radius 3 is 2.50 bits per heavy atom. The fourth-order valence-corrected chi connectivity index (χ4v) is 3.68. The fraction of sp³-hybridized carbons (Fsp3) is 0.938. The highest BCUT2D eigenvalue weighted by Crippen LogP contribution is 2.29. The molecule has 1 saturated carbocycles. The number of likely N-dealkylation sites (tertiary alicyclic amines) is 1. The van der Waals surface area contributed by atoms with Crippen LogP contribution in [0.2, 0.25) is 0 Å². The Morgan fingerprint density at radius 2 is 1.90 bits per heavy atom. The molecule has 2 N–H and O–H groups in total. The largest absolute Gasteiger partial charge is 0.345 e. The van der Waals surface area contributed by atoms with Gasteiger partial charge in [-0.15, -0.1) is 0 Å². The fourth-order valence-electron chi connectivity index (χ4n) is 3.68. The predicted molar refractivity (Wildman–Crippen MR) is 82.3 cm³/mol. The number of carbonyl (C=O) groups excluding carboxylic acids is 1. The molecule has 1 saturated heterocycles. The smallest absolute Gasteiger partial charge is 0.225 e. The molecule has 4 heteroatoms. The van der Waals surface area contributed by atoms with Crippen LogP contribution in [-0.2, 0) is 4.79 Å². The zero-order chi connectivity index (χ0) is 14.7. The highest BCUT2D eigenvalue weighted by Gasteiger charge is 2.31. The van der Waals surface area contributed by atoms with E-state index in [1.165, 1.54) is 25.9 Å². The number of nitrogens with zero attached hydrogens (tertiary/aromatic N) is 2. The van der Waals surface area contributed by atoms with Gasteiger partial charge in [-0.25, -0.2) is 0 Å². The quantitative estimate of drug-likeness (QED) is 0.854. The predicted octanol–water partition coefficient (Wildman–Crippen LogP) is 1.55. The molecule has 2 rings (SSSR count). The Bertz CT molecular complexity index is 326. The van der Waals surface area contributed by atoms with Gasteiger partial charge >= 0.3 is 0 Å². The van der Waals surface area contributed by atoms with Gasteiger partial charge in [-0.1, -0.05) is 6.92 Å². The normalized spacial score (nSPS) is 33.1. The molecule has 0 bridgehead atoms. The Morgan fingerprint density at radius 1 is 1.25 bits per heavy atom. The van der Waals surface area contributed by atoms with Crippen molar-refractivity contribution in [2.24, 2.45) is 23.5 Å². The Hall–Kier alpha value is -0.610. The van der Waals surface area contributed by atoms with E-state index in [4.69, 9.17) is 5.73 Å². The number of carbonyl (C=O) groups is 1. The molecule has 3 unspecified atom stereocenters. The van der Waals surface area contributed by atoms with E-state index in [9.17, 15) is 4.79 Å². The summed E-state index contributed by atoms with van der Waals surface area (Å²) in [5.41, 5.74) is 6.05. The second kappa shape index (κ2) is 6.90. The number of amides is 1. The van der Waals surface area contributed by atoms with Crippen LogP contribution < -0.4 is 5.73 Å². The third-order valence-electron chi connectivity index (χ3n) is 5.33. The van der Waals surface area contributed by atoms with Gasteiger partial charge in [0, 0.05) is 25.6 Å². The summed E-state index contributed by atoms with van der Waals surface area (Å²) in [5, 5.41) is 0. The van der Waals surface area contributed by atoms with Crippen LogP contribution in [0.15, 0.2) is 0 Å². The Kier molecular flexibility index (Phi) is 5.44. The third kappa shape index (κ3) is 3.95. The van der Waals surface area contributed by atoms with Crippen LogP contribution in [0.3, 0.4) is 0 Å². The van der Waals surface area contributed by atoms with Crippen LogP contribution in [-0.4, -0.2) is 55.5 Å². The second-order valence-electron chi connectivity index (χ2n) is 7.12. The van der Waals surface area contributed by atoms with E-state index in [0.717, 1.165) is 25.8 Å². The number of piperidine rings is 1. The monoisotopic (exact) mass is 281 g/mol. The highest BCUT2D eigenvalue weighted by molar-refractivity contribution is 5.78. The molecule has 2 aliphatic rings. The molecule has 2 fully saturated rings. The van der Waals surface area contributed by atoms with Gasteiger partial charge in [0.1, 0.15) is 0 Å². The third-order valence-corrected chi connectivity index (χ3v) is 5.33. The average molecular weight is 281 g/mol. The van der Waals surface area contributed by atoms with Gasteiger partial charge in [-0.3, -0.25) is 4.79 Å². The van der Waals surface area contributed by atoms with Crippen molar-refractivity contribution in [2.45, 2.75) is 45.1 Å². The lowest BCUT2D eigenvalue weighted by molar-refractivity contribution is -0.136. The first-order chi connectivity index (χ1) is 9.47. The number of rotatable bonds is 3. The summed E-state index contributed by atoms with van der Waals surface area (Å²) in [6.45, 7) is 5.45. The average Bonchev–Trinajstić information content (AvgIpc) is 2.43. The molecule has 0 aromatic carbocycles. The molecular formula is C16H31N3O. The van der Waals surface area contributed by atoms with Crippen molar-refractivity contribution in [3.8, 4) is 0 Å². The van der Waals surface area contributed by atoms with E-state index < -0.39 is 0 Å². The van der Waals surface area contributed by atoms with Crippen molar-refractivity contribution in [1.29, 1.82) is 0 Å². The van der Waals surface area contributed by atoms with Gasteiger partial charge < -0.3 is 15.5 Å². The van der Waals surface area contributed by atoms with E-state index in [-0.39, 0.29) is 5.92 Å². The molecule has 0 aromatic rings. The summed E-state index contributed by atoms with van der Waals surface area (Å²) in [6.07, 6.45) is 5.39. The van der Waals surface area contributed by atoms with E-state index >= 15 is 0 Å². The standard InChI is InChI=1S/C16H31N3O/c1-12-10-14(4-5-15(12)17)16(20)19(3)11-13-6-8-18(2)9-7-13/h12-15H,4-11,17H2,1-3H3. The molecule has 4 nitrogen and oxygen atoms in total. The second-order valence-corrected chi connectivity index (χ2v) is 7.12. The number of hydrogen-bond donors (Lipinski definition) is 1. The molecule has 1 aliphatic heterocycles. The summed E-state index contributed by atoms with van der Waals surface area (Å²) < 4.78 is 0. The summed E-state index contributed by atoms with van der Waals surface area (Å²) in [6, 6.07) is 0.290. The SMILES string of the molecule is CC1CC(C(=O)N(C)CC2CCN(C)CC2)CCC1N. The Balaban J connectivity index is 1.80. The van der Waals surface area contributed by atoms with Crippen molar-refractivity contribution in [3.63, 3.8) is 0 Å². The molecular weight excluding hydrogens is 250 g/mol. The van der Waals surface area contributed by atoms with E-state index in [2.05, 4.69) is 18.9 Å².